The average molecular weight is 431 g/mol. The third kappa shape index (κ3) is 4.20. The first-order chi connectivity index (χ1) is 15.6. The highest BCUT2D eigenvalue weighted by molar-refractivity contribution is 6.03. The maximum absolute atomic E-state index is 13.4. The summed E-state index contributed by atoms with van der Waals surface area (Å²) in [5.41, 5.74) is 5.06. The summed E-state index contributed by atoms with van der Waals surface area (Å²) in [6.07, 6.45) is 0.906. The number of nitrogens with zero attached hydrogens (tertiary/aromatic N) is 4. The second-order valence-corrected chi connectivity index (χ2v) is 8.98. The molecule has 1 fully saturated rings. The predicted molar refractivity (Wildman–Crippen MR) is 127 cm³/mol. The number of aromatic nitrogens is 1. The number of fused-ring (bicyclic) bond motifs is 2. The first-order valence-corrected chi connectivity index (χ1v) is 11.4. The Labute approximate surface area is 189 Å². The monoisotopic (exact) mass is 430 g/mol. The van der Waals surface area contributed by atoms with Crippen LogP contribution < -0.4 is 4.90 Å². The number of morpholine rings is 1. The van der Waals surface area contributed by atoms with Gasteiger partial charge in [-0.05, 0) is 37.9 Å². The number of anilines is 1. The Kier molecular flexibility index (Phi) is 5.81. The van der Waals surface area contributed by atoms with Gasteiger partial charge in [-0.15, -0.1) is 0 Å². The molecule has 0 aliphatic carbocycles. The number of carbonyl (C=O) groups excluding carboxylic acids is 1. The normalized spacial score (nSPS) is 18.6. The third-order valence-electron chi connectivity index (χ3n) is 6.33. The van der Waals surface area contributed by atoms with Gasteiger partial charge in [-0.2, -0.15) is 0 Å². The lowest BCUT2D eigenvalue weighted by Gasteiger charge is -2.36. The Bertz CT molecular complexity index is 1130. The number of hydrogen-bond acceptors (Lipinski definition) is 5. The Morgan fingerprint density at radius 3 is 2.84 bits per heavy atom. The topological polar surface area (TPSA) is 48.9 Å². The summed E-state index contributed by atoms with van der Waals surface area (Å²) in [6.45, 7) is 4.53. The van der Waals surface area contributed by atoms with Gasteiger partial charge in [0.05, 0.1) is 29.5 Å². The van der Waals surface area contributed by atoms with E-state index >= 15 is 0 Å². The van der Waals surface area contributed by atoms with Gasteiger partial charge in [0, 0.05) is 50.2 Å². The second-order valence-electron chi connectivity index (χ2n) is 8.98. The molecule has 6 nitrogen and oxygen atoms in total. The Hall–Kier alpha value is -2.96. The fraction of sp³-hybridized carbons (Fsp3) is 0.385. The molecule has 1 unspecified atom stereocenters. The molecule has 166 valence electrons. The quantitative estimate of drug-likeness (QED) is 0.601. The van der Waals surface area contributed by atoms with Crippen molar-refractivity contribution >= 4 is 22.5 Å². The lowest BCUT2D eigenvalue weighted by atomic mass is 10.1. The number of carbonyl (C=O) groups is 1. The molecule has 3 heterocycles. The van der Waals surface area contributed by atoms with Crippen molar-refractivity contribution < 1.29 is 9.53 Å². The summed E-state index contributed by atoms with van der Waals surface area (Å²) >= 11 is 0. The van der Waals surface area contributed by atoms with E-state index in [0.717, 1.165) is 59.5 Å². The van der Waals surface area contributed by atoms with Crippen molar-refractivity contribution in [3.05, 3.63) is 71.4 Å². The summed E-state index contributed by atoms with van der Waals surface area (Å²) in [5.74, 6) is 0.132. The van der Waals surface area contributed by atoms with Crippen LogP contribution in [0.1, 0.15) is 21.6 Å². The molecule has 32 heavy (non-hydrogen) atoms. The molecule has 2 aliphatic rings. The minimum absolute atomic E-state index is 0.132. The molecule has 1 aromatic heterocycles. The minimum Gasteiger partial charge on any atom is -0.373 e. The van der Waals surface area contributed by atoms with Gasteiger partial charge in [0.15, 0.2) is 0 Å². The summed E-state index contributed by atoms with van der Waals surface area (Å²) in [7, 11) is 4.13. The van der Waals surface area contributed by atoms with Gasteiger partial charge >= 0.3 is 0 Å². The third-order valence-corrected chi connectivity index (χ3v) is 6.33. The fourth-order valence-corrected chi connectivity index (χ4v) is 4.80. The largest absolute Gasteiger partial charge is 0.373 e. The van der Waals surface area contributed by atoms with E-state index in [9.17, 15) is 4.79 Å². The van der Waals surface area contributed by atoms with Crippen LogP contribution in [0.15, 0.2) is 54.6 Å². The van der Waals surface area contributed by atoms with Gasteiger partial charge in [-0.3, -0.25) is 9.78 Å². The molecular formula is C26H30N4O2. The standard InChI is InChI=1S/C26H30N4O2/c1-28(2)17-22-18-29(14-15-32-22)24-9-5-7-20-16-30(26(31)25(20)24)13-12-21-11-10-19-6-3-4-8-23(19)27-21/h3-11,22H,12-18H2,1-2H3. The number of amides is 1. The SMILES string of the molecule is CN(C)CC1CN(c2cccc3c2C(=O)N(CCc2ccc4ccccc4n2)C3)CCO1. The summed E-state index contributed by atoms with van der Waals surface area (Å²) in [4.78, 5) is 24.6. The molecule has 2 aliphatic heterocycles. The van der Waals surface area contributed by atoms with Crippen LogP contribution in [0.2, 0.25) is 0 Å². The van der Waals surface area contributed by atoms with E-state index in [0.29, 0.717) is 19.7 Å². The highest BCUT2D eigenvalue weighted by atomic mass is 16.5. The van der Waals surface area contributed by atoms with E-state index in [-0.39, 0.29) is 12.0 Å². The Balaban J connectivity index is 1.30. The van der Waals surface area contributed by atoms with Gasteiger partial charge in [0.1, 0.15) is 0 Å². The van der Waals surface area contributed by atoms with Crippen LogP contribution in [0.4, 0.5) is 5.69 Å². The number of likely N-dealkylation sites (N-methyl/N-ethyl adjacent to an activating group) is 1. The van der Waals surface area contributed by atoms with Gasteiger partial charge in [0.2, 0.25) is 0 Å². The zero-order valence-electron chi connectivity index (χ0n) is 18.8. The van der Waals surface area contributed by atoms with E-state index in [1.165, 1.54) is 0 Å². The maximum Gasteiger partial charge on any atom is 0.256 e. The van der Waals surface area contributed by atoms with E-state index in [2.05, 4.69) is 60.3 Å². The smallest absolute Gasteiger partial charge is 0.256 e. The fourth-order valence-electron chi connectivity index (χ4n) is 4.80. The van der Waals surface area contributed by atoms with Gasteiger partial charge in [-0.25, -0.2) is 0 Å². The Morgan fingerprint density at radius 2 is 1.97 bits per heavy atom. The van der Waals surface area contributed by atoms with Crippen LogP contribution >= 0.6 is 0 Å². The van der Waals surface area contributed by atoms with Crippen molar-refractivity contribution in [1.29, 1.82) is 0 Å². The van der Waals surface area contributed by atoms with E-state index < -0.39 is 0 Å². The van der Waals surface area contributed by atoms with Crippen LogP contribution in [-0.4, -0.2) is 73.7 Å². The van der Waals surface area contributed by atoms with Crippen LogP contribution in [0, 0.1) is 0 Å². The zero-order valence-corrected chi connectivity index (χ0v) is 18.8. The van der Waals surface area contributed by atoms with Crippen molar-refractivity contribution in [3.63, 3.8) is 0 Å². The summed E-state index contributed by atoms with van der Waals surface area (Å²) < 4.78 is 5.94. The molecule has 1 saturated heterocycles. The average Bonchev–Trinajstić information content (AvgIpc) is 3.13. The van der Waals surface area contributed by atoms with E-state index in [1.54, 1.807) is 0 Å². The lowest BCUT2D eigenvalue weighted by molar-refractivity contribution is 0.0247. The van der Waals surface area contributed by atoms with Gasteiger partial charge in [-0.1, -0.05) is 36.4 Å². The van der Waals surface area contributed by atoms with Gasteiger partial charge in [0.25, 0.3) is 5.91 Å². The molecule has 0 saturated carbocycles. The van der Waals surface area contributed by atoms with E-state index in [1.807, 2.05) is 23.1 Å². The minimum atomic E-state index is 0.132. The molecule has 5 rings (SSSR count). The molecular weight excluding hydrogens is 400 g/mol. The van der Waals surface area contributed by atoms with Crippen LogP contribution in [0.25, 0.3) is 10.9 Å². The molecule has 0 bridgehead atoms. The highest BCUT2D eigenvalue weighted by Crippen LogP contribution is 2.32. The van der Waals surface area contributed by atoms with Crippen LogP contribution in [0.5, 0.6) is 0 Å². The second kappa shape index (κ2) is 8.88. The number of pyridine rings is 1. The number of rotatable bonds is 6. The highest BCUT2D eigenvalue weighted by Gasteiger charge is 2.32. The van der Waals surface area contributed by atoms with Gasteiger partial charge < -0.3 is 19.4 Å². The predicted octanol–water partition coefficient (Wildman–Crippen LogP) is 3.20. The zero-order chi connectivity index (χ0) is 22.1. The first kappa shape index (κ1) is 20.9. The molecule has 1 amide bonds. The molecule has 0 radical (unpaired) electrons. The number of ether oxygens (including phenoxy) is 1. The Morgan fingerprint density at radius 1 is 1.09 bits per heavy atom. The lowest BCUT2D eigenvalue weighted by Crippen LogP contribution is -2.47. The molecule has 1 atom stereocenters. The van der Waals surface area contributed by atoms with Crippen molar-refractivity contribution in [2.45, 2.75) is 19.1 Å². The number of hydrogen-bond donors (Lipinski definition) is 0. The van der Waals surface area contributed by atoms with Crippen LogP contribution in [-0.2, 0) is 17.7 Å². The molecule has 6 heteroatoms. The summed E-state index contributed by atoms with van der Waals surface area (Å²) in [6, 6.07) is 18.6. The van der Waals surface area contributed by atoms with Crippen LogP contribution in [0.3, 0.4) is 0 Å². The maximum atomic E-state index is 13.4. The van der Waals surface area contributed by atoms with Crippen molar-refractivity contribution in [2.24, 2.45) is 0 Å². The van der Waals surface area contributed by atoms with Crippen molar-refractivity contribution in [1.82, 2.24) is 14.8 Å². The first-order valence-electron chi connectivity index (χ1n) is 11.4. The molecule has 0 spiro atoms. The van der Waals surface area contributed by atoms with Crippen molar-refractivity contribution in [3.8, 4) is 0 Å². The number of benzene rings is 2. The molecule has 3 aromatic rings. The molecule has 2 aromatic carbocycles. The molecule has 0 N–H and O–H groups in total. The van der Waals surface area contributed by atoms with Crippen molar-refractivity contribution in [2.75, 3.05) is 51.8 Å². The summed E-state index contributed by atoms with van der Waals surface area (Å²) in [5, 5.41) is 1.14. The number of para-hydroxylation sites is 1. The van der Waals surface area contributed by atoms with E-state index in [4.69, 9.17) is 9.72 Å².